The van der Waals surface area contributed by atoms with Gasteiger partial charge in [-0.3, -0.25) is 4.79 Å². The number of benzene rings is 2. The molecule has 1 amide bonds. The van der Waals surface area contributed by atoms with Gasteiger partial charge in [-0.25, -0.2) is 4.39 Å². The number of rotatable bonds is 5. The first-order valence-electron chi connectivity index (χ1n) is 10.3. The van der Waals surface area contributed by atoms with Crippen LogP contribution in [0, 0.1) is 11.7 Å². The minimum atomic E-state index is -0.971. The van der Waals surface area contributed by atoms with Crippen molar-refractivity contribution in [1.29, 1.82) is 0 Å². The predicted octanol–water partition coefficient (Wildman–Crippen LogP) is 4.63. The van der Waals surface area contributed by atoms with Crippen molar-refractivity contribution >= 4 is 5.91 Å². The Hall–Kier alpha value is -2.99. The summed E-state index contributed by atoms with van der Waals surface area (Å²) in [5, 5.41) is 14.1. The standard InChI is InChI=1S/C24H25FN2O3/c1-16(28)23-21(22(26-30-23)19-7-9-20(25)10-8-19)24(29)27-13-11-18(12-14-27)15-17-5-3-2-4-6-17/h2-10,16,18,28H,11-15H2,1H3/t16-/m0/s1. The molecule has 6 heteroatoms. The van der Waals surface area contributed by atoms with Gasteiger partial charge in [-0.15, -0.1) is 0 Å². The van der Waals surface area contributed by atoms with Crippen molar-refractivity contribution in [1.82, 2.24) is 10.1 Å². The number of nitrogens with zero attached hydrogens (tertiary/aromatic N) is 2. The second-order valence-corrected chi connectivity index (χ2v) is 7.88. The lowest BCUT2D eigenvalue weighted by Crippen LogP contribution is -2.39. The number of aliphatic hydroxyl groups is 1. The molecule has 0 saturated carbocycles. The second kappa shape index (κ2) is 8.79. The third-order valence-corrected chi connectivity index (χ3v) is 5.70. The number of aromatic nitrogens is 1. The SMILES string of the molecule is C[C@H](O)c1onc(-c2ccc(F)cc2)c1C(=O)N1CCC(Cc2ccccc2)CC1. The molecule has 0 spiro atoms. The molecule has 1 N–H and O–H groups in total. The Balaban J connectivity index is 1.52. The Labute approximate surface area is 175 Å². The normalized spacial score (nSPS) is 15.9. The predicted molar refractivity (Wildman–Crippen MR) is 111 cm³/mol. The molecule has 1 aromatic heterocycles. The highest BCUT2D eigenvalue weighted by molar-refractivity contribution is 6.01. The summed E-state index contributed by atoms with van der Waals surface area (Å²) in [4.78, 5) is 15.2. The van der Waals surface area contributed by atoms with E-state index < -0.39 is 6.10 Å². The maximum absolute atomic E-state index is 13.4. The quantitative estimate of drug-likeness (QED) is 0.669. The van der Waals surface area contributed by atoms with E-state index in [9.17, 15) is 14.3 Å². The van der Waals surface area contributed by atoms with Crippen LogP contribution in [0.3, 0.4) is 0 Å². The number of hydrogen-bond acceptors (Lipinski definition) is 4. The fraction of sp³-hybridized carbons (Fsp3) is 0.333. The average Bonchev–Trinajstić information content (AvgIpc) is 3.20. The summed E-state index contributed by atoms with van der Waals surface area (Å²) < 4.78 is 18.6. The zero-order valence-corrected chi connectivity index (χ0v) is 16.9. The number of carbonyl (C=O) groups excluding carboxylic acids is 1. The lowest BCUT2D eigenvalue weighted by atomic mass is 9.89. The van der Waals surface area contributed by atoms with Crippen molar-refractivity contribution in [2.75, 3.05) is 13.1 Å². The lowest BCUT2D eigenvalue weighted by molar-refractivity contribution is 0.0680. The molecule has 156 valence electrons. The fourth-order valence-corrected chi connectivity index (χ4v) is 4.05. The topological polar surface area (TPSA) is 66.6 Å². The minimum Gasteiger partial charge on any atom is -0.385 e. The van der Waals surface area contributed by atoms with Crippen molar-refractivity contribution in [3.05, 3.63) is 77.3 Å². The Morgan fingerprint density at radius 3 is 2.47 bits per heavy atom. The van der Waals surface area contributed by atoms with Crippen LogP contribution in [0.4, 0.5) is 4.39 Å². The molecule has 0 radical (unpaired) electrons. The van der Waals surface area contributed by atoms with E-state index in [1.54, 1.807) is 17.0 Å². The van der Waals surface area contributed by atoms with Crippen molar-refractivity contribution < 1.29 is 18.8 Å². The van der Waals surface area contributed by atoms with Gasteiger partial charge in [-0.05, 0) is 61.9 Å². The zero-order valence-electron chi connectivity index (χ0n) is 16.9. The van der Waals surface area contributed by atoms with Crippen LogP contribution in [0.2, 0.25) is 0 Å². The van der Waals surface area contributed by atoms with Gasteiger partial charge in [0.2, 0.25) is 0 Å². The molecule has 0 aliphatic carbocycles. The van der Waals surface area contributed by atoms with E-state index in [-0.39, 0.29) is 23.0 Å². The molecule has 1 saturated heterocycles. The summed E-state index contributed by atoms with van der Waals surface area (Å²) in [5.74, 6) is 0.105. The molecule has 30 heavy (non-hydrogen) atoms. The highest BCUT2D eigenvalue weighted by Crippen LogP contribution is 2.32. The van der Waals surface area contributed by atoms with Gasteiger partial charge < -0.3 is 14.5 Å². The third kappa shape index (κ3) is 4.28. The van der Waals surface area contributed by atoms with Gasteiger partial charge in [0.05, 0.1) is 0 Å². The van der Waals surface area contributed by atoms with Gasteiger partial charge in [0, 0.05) is 18.7 Å². The summed E-state index contributed by atoms with van der Waals surface area (Å²) in [5.41, 5.74) is 2.49. The highest BCUT2D eigenvalue weighted by atomic mass is 19.1. The number of aliphatic hydroxyl groups excluding tert-OH is 1. The number of carbonyl (C=O) groups is 1. The van der Waals surface area contributed by atoms with Crippen LogP contribution >= 0.6 is 0 Å². The van der Waals surface area contributed by atoms with Crippen LogP contribution in [0.15, 0.2) is 59.1 Å². The molecule has 1 fully saturated rings. The maximum Gasteiger partial charge on any atom is 0.259 e. The molecule has 4 rings (SSSR count). The van der Waals surface area contributed by atoms with Gasteiger partial charge in [0.1, 0.15) is 23.2 Å². The molecule has 5 nitrogen and oxygen atoms in total. The van der Waals surface area contributed by atoms with Crippen LogP contribution in [0.25, 0.3) is 11.3 Å². The van der Waals surface area contributed by atoms with E-state index in [0.29, 0.717) is 30.3 Å². The Bertz CT molecular complexity index is 991. The molecular weight excluding hydrogens is 383 g/mol. The maximum atomic E-state index is 13.4. The molecule has 1 aliphatic rings. The molecule has 3 aromatic rings. The Morgan fingerprint density at radius 1 is 1.17 bits per heavy atom. The summed E-state index contributed by atoms with van der Waals surface area (Å²) in [6.45, 7) is 2.82. The van der Waals surface area contributed by atoms with Crippen LogP contribution in [-0.2, 0) is 6.42 Å². The first-order chi connectivity index (χ1) is 14.5. The lowest BCUT2D eigenvalue weighted by Gasteiger charge is -2.32. The van der Waals surface area contributed by atoms with Gasteiger partial charge in [0.15, 0.2) is 5.76 Å². The van der Waals surface area contributed by atoms with Crippen molar-refractivity contribution in [2.45, 2.75) is 32.3 Å². The fourth-order valence-electron chi connectivity index (χ4n) is 4.05. The Morgan fingerprint density at radius 2 is 1.83 bits per heavy atom. The van der Waals surface area contributed by atoms with E-state index in [1.165, 1.54) is 24.6 Å². The minimum absolute atomic E-state index is 0.144. The van der Waals surface area contributed by atoms with Crippen LogP contribution in [0.1, 0.15) is 47.6 Å². The Kier molecular flexibility index (Phi) is 5.95. The summed E-state index contributed by atoms with van der Waals surface area (Å²) in [7, 11) is 0. The van der Waals surface area contributed by atoms with Crippen LogP contribution in [-0.4, -0.2) is 34.2 Å². The van der Waals surface area contributed by atoms with Gasteiger partial charge in [-0.2, -0.15) is 0 Å². The molecule has 1 aliphatic heterocycles. The number of halogens is 1. The smallest absolute Gasteiger partial charge is 0.259 e. The van der Waals surface area contributed by atoms with E-state index >= 15 is 0 Å². The third-order valence-electron chi connectivity index (χ3n) is 5.70. The number of likely N-dealkylation sites (tertiary alicyclic amines) is 1. The largest absolute Gasteiger partial charge is 0.385 e. The molecule has 2 aromatic carbocycles. The number of piperidine rings is 1. The molecule has 2 heterocycles. The second-order valence-electron chi connectivity index (χ2n) is 7.88. The first kappa shape index (κ1) is 20.3. The molecule has 0 bridgehead atoms. The monoisotopic (exact) mass is 408 g/mol. The molecule has 0 unspecified atom stereocenters. The highest BCUT2D eigenvalue weighted by Gasteiger charge is 2.32. The summed E-state index contributed by atoms with van der Waals surface area (Å²) >= 11 is 0. The van der Waals surface area contributed by atoms with Gasteiger partial charge >= 0.3 is 0 Å². The summed E-state index contributed by atoms with van der Waals surface area (Å²) in [6, 6.07) is 16.1. The zero-order chi connectivity index (χ0) is 21.1. The van der Waals surface area contributed by atoms with Crippen LogP contribution in [0.5, 0.6) is 0 Å². The van der Waals surface area contributed by atoms with E-state index in [0.717, 1.165) is 19.3 Å². The number of hydrogen-bond donors (Lipinski definition) is 1. The summed E-state index contributed by atoms with van der Waals surface area (Å²) in [6.07, 6.45) is 1.88. The number of amides is 1. The van der Waals surface area contributed by atoms with E-state index in [4.69, 9.17) is 4.52 Å². The van der Waals surface area contributed by atoms with Crippen molar-refractivity contribution in [3.8, 4) is 11.3 Å². The molecule has 1 atom stereocenters. The first-order valence-corrected chi connectivity index (χ1v) is 10.3. The van der Waals surface area contributed by atoms with E-state index in [1.807, 2.05) is 6.07 Å². The molecular formula is C24H25FN2O3. The average molecular weight is 408 g/mol. The van der Waals surface area contributed by atoms with Crippen molar-refractivity contribution in [3.63, 3.8) is 0 Å². The van der Waals surface area contributed by atoms with E-state index in [2.05, 4.69) is 29.4 Å². The van der Waals surface area contributed by atoms with Crippen LogP contribution < -0.4 is 0 Å². The van der Waals surface area contributed by atoms with Crippen molar-refractivity contribution in [2.24, 2.45) is 5.92 Å². The van der Waals surface area contributed by atoms with Gasteiger partial charge in [-0.1, -0.05) is 35.5 Å². The van der Waals surface area contributed by atoms with Gasteiger partial charge in [0.25, 0.3) is 5.91 Å².